The Balaban J connectivity index is 1.70. The van der Waals surface area contributed by atoms with Crippen LogP contribution in [0.1, 0.15) is 18.2 Å². The van der Waals surface area contributed by atoms with Crippen LogP contribution in [0.5, 0.6) is 0 Å². The number of imide groups is 1. The molecule has 0 atom stereocenters. The molecule has 0 fully saturated rings. The third-order valence-corrected chi connectivity index (χ3v) is 5.70. The van der Waals surface area contributed by atoms with Crippen molar-refractivity contribution in [2.24, 2.45) is 0 Å². The Morgan fingerprint density at radius 2 is 1.96 bits per heavy atom. The molecule has 2 amide bonds. The number of amides is 2. The molecule has 0 radical (unpaired) electrons. The number of thiazole rings is 1. The van der Waals surface area contributed by atoms with Crippen molar-refractivity contribution in [2.75, 3.05) is 11.5 Å². The second-order valence-corrected chi connectivity index (χ2v) is 7.25. The molecular weight excluding hydrogens is 360 g/mol. The first-order chi connectivity index (χ1) is 13.1. The van der Waals surface area contributed by atoms with Gasteiger partial charge in [-0.1, -0.05) is 36.4 Å². The predicted octanol–water partition coefficient (Wildman–Crippen LogP) is 4.83. The Morgan fingerprint density at radius 1 is 1.19 bits per heavy atom. The minimum absolute atomic E-state index is 0.200. The lowest BCUT2D eigenvalue weighted by atomic mass is 10.1. The van der Waals surface area contributed by atoms with Gasteiger partial charge >= 0.3 is 6.09 Å². The van der Waals surface area contributed by atoms with E-state index in [0.29, 0.717) is 5.69 Å². The average molecular weight is 378 g/mol. The first-order valence-electron chi connectivity index (χ1n) is 8.74. The highest BCUT2D eigenvalue weighted by Gasteiger charge is 2.33. The Hall–Kier alpha value is -2.99. The van der Waals surface area contributed by atoms with Crippen molar-refractivity contribution in [3.8, 4) is 21.0 Å². The maximum atomic E-state index is 12.3. The van der Waals surface area contributed by atoms with Gasteiger partial charge in [0.2, 0.25) is 5.91 Å². The number of nitrogens with zero attached hydrogens (tertiary/aromatic N) is 2. The molecule has 1 aromatic heterocycles. The van der Waals surface area contributed by atoms with Crippen LogP contribution in [-0.2, 0) is 16.0 Å². The highest BCUT2D eigenvalue weighted by atomic mass is 32.1. The van der Waals surface area contributed by atoms with Crippen molar-refractivity contribution < 1.29 is 14.3 Å². The SMILES string of the molecule is CCOC(=O)N1C(=O)Cc2cc(-c3sc(-c4ccccc4)nc3C)ccc21. The molecule has 0 unspecified atom stereocenters. The zero-order valence-electron chi connectivity index (χ0n) is 15.1. The number of ether oxygens (including phenoxy) is 1. The number of benzene rings is 2. The van der Waals surface area contributed by atoms with Gasteiger partial charge in [0.1, 0.15) is 5.01 Å². The van der Waals surface area contributed by atoms with Crippen LogP contribution in [0.4, 0.5) is 10.5 Å². The standard InChI is InChI=1S/C21H18N2O3S/c1-3-26-21(25)23-17-10-9-15(11-16(17)12-18(23)24)19-13(2)22-20(27-19)14-7-5-4-6-8-14/h4-11H,3,12H2,1-2H3. The number of hydrogen-bond donors (Lipinski definition) is 0. The molecule has 1 aliphatic rings. The van der Waals surface area contributed by atoms with Crippen LogP contribution in [0.3, 0.4) is 0 Å². The lowest BCUT2D eigenvalue weighted by Crippen LogP contribution is -2.34. The van der Waals surface area contributed by atoms with Crippen molar-refractivity contribution in [3.05, 3.63) is 59.8 Å². The second-order valence-electron chi connectivity index (χ2n) is 6.25. The van der Waals surface area contributed by atoms with E-state index in [0.717, 1.165) is 37.2 Å². The summed E-state index contributed by atoms with van der Waals surface area (Å²) in [5.41, 5.74) is 4.48. The maximum absolute atomic E-state index is 12.3. The van der Waals surface area contributed by atoms with E-state index in [1.165, 1.54) is 0 Å². The molecule has 6 heteroatoms. The Bertz CT molecular complexity index is 1030. The van der Waals surface area contributed by atoms with E-state index in [1.807, 2.05) is 55.5 Å². The molecule has 0 saturated heterocycles. The fraction of sp³-hybridized carbons (Fsp3) is 0.190. The summed E-state index contributed by atoms with van der Waals surface area (Å²) in [6.07, 6.45) is -0.417. The van der Waals surface area contributed by atoms with Crippen LogP contribution in [0.2, 0.25) is 0 Å². The summed E-state index contributed by atoms with van der Waals surface area (Å²) in [6, 6.07) is 15.8. The number of rotatable bonds is 3. The summed E-state index contributed by atoms with van der Waals surface area (Å²) >= 11 is 1.63. The van der Waals surface area contributed by atoms with Crippen LogP contribution in [-0.4, -0.2) is 23.6 Å². The number of hydrogen-bond acceptors (Lipinski definition) is 5. The van der Waals surface area contributed by atoms with Crippen molar-refractivity contribution >= 4 is 29.0 Å². The molecule has 1 aliphatic heterocycles. The van der Waals surface area contributed by atoms with E-state index in [4.69, 9.17) is 9.72 Å². The number of fused-ring (bicyclic) bond motifs is 1. The van der Waals surface area contributed by atoms with Crippen molar-refractivity contribution in [2.45, 2.75) is 20.3 Å². The fourth-order valence-corrected chi connectivity index (χ4v) is 4.29. The number of carbonyl (C=O) groups excluding carboxylic acids is 2. The van der Waals surface area contributed by atoms with Crippen LogP contribution >= 0.6 is 11.3 Å². The molecule has 4 rings (SSSR count). The molecule has 27 heavy (non-hydrogen) atoms. The molecule has 2 heterocycles. The van der Waals surface area contributed by atoms with Gasteiger partial charge in [-0.15, -0.1) is 11.3 Å². The molecule has 0 spiro atoms. The van der Waals surface area contributed by atoms with Crippen LogP contribution in [0.25, 0.3) is 21.0 Å². The summed E-state index contributed by atoms with van der Waals surface area (Å²) in [6.45, 7) is 3.94. The quantitative estimate of drug-likeness (QED) is 0.655. The highest BCUT2D eigenvalue weighted by Crippen LogP contribution is 2.38. The summed E-state index contributed by atoms with van der Waals surface area (Å²) in [5.74, 6) is -0.258. The van der Waals surface area contributed by atoms with Gasteiger partial charge in [-0.3, -0.25) is 4.79 Å². The predicted molar refractivity (Wildman–Crippen MR) is 106 cm³/mol. The van der Waals surface area contributed by atoms with Gasteiger partial charge in [0.05, 0.1) is 29.3 Å². The summed E-state index contributed by atoms with van der Waals surface area (Å²) < 4.78 is 5.00. The molecule has 5 nitrogen and oxygen atoms in total. The smallest absolute Gasteiger partial charge is 0.421 e. The number of carbonyl (C=O) groups is 2. The molecule has 0 bridgehead atoms. The monoisotopic (exact) mass is 378 g/mol. The third-order valence-electron chi connectivity index (χ3n) is 4.44. The van der Waals surface area contributed by atoms with Crippen molar-refractivity contribution in [3.63, 3.8) is 0 Å². The van der Waals surface area contributed by atoms with E-state index in [1.54, 1.807) is 18.3 Å². The van der Waals surface area contributed by atoms with Gasteiger partial charge in [-0.25, -0.2) is 14.7 Å². The van der Waals surface area contributed by atoms with Crippen molar-refractivity contribution in [1.29, 1.82) is 0 Å². The summed E-state index contributed by atoms with van der Waals surface area (Å²) in [5, 5.41) is 0.966. The largest absolute Gasteiger partial charge is 0.449 e. The molecule has 2 aromatic carbocycles. The van der Waals surface area contributed by atoms with E-state index >= 15 is 0 Å². The highest BCUT2D eigenvalue weighted by molar-refractivity contribution is 7.18. The van der Waals surface area contributed by atoms with Gasteiger partial charge in [0.15, 0.2) is 0 Å². The maximum Gasteiger partial charge on any atom is 0.421 e. The van der Waals surface area contributed by atoms with Crippen LogP contribution < -0.4 is 4.90 Å². The zero-order valence-corrected chi connectivity index (χ0v) is 15.9. The fourth-order valence-electron chi connectivity index (χ4n) is 3.22. The van der Waals surface area contributed by atoms with Gasteiger partial charge in [-0.05, 0) is 37.1 Å². The van der Waals surface area contributed by atoms with Gasteiger partial charge < -0.3 is 4.74 Å². The molecule has 0 N–H and O–H groups in total. The lowest BCUT2D eigenvalue weighted by molar-refractivity contribution is -0.116. The minimum Gasteiger partial charge on any atom is -0.449 e. The lowest BCUT2D eigenvalue weighted by Gasteiger charge is -2.14. The average Bonchev–Trinajstić information content (AvgIpc) is 3.21. The molecule has 3 aromatic rings. The first kappa shape index (κ1) is 17.4. The minimum atomic E-state index is -0.616. The Kier molecular flexibility index (Phi) is 4.49. The Labute approximate surface area is 161 Å². The van der Waals surface area contributed by atoms with Gasteiger partial charge in [0, 0.05) is 5.56 Å². The molecule has 0 aliphatic carbocycles. The van der Waals surface area contributed by atoms with Gasteiger partial charge in [0.25, 0.3) is 0 Å². The molecular formula is C21H18N2O3S. The summed E-state index contributed by atoms with van der Waals surface area (Å²) in [7, 11) is 0. The van der Waals surface area contributed by atoms with E-state index in [9.17, 15) is 9.59 Å². The van der Waals surface area contributed by atoms with Crippen LogP contribution in [0, 0.1) is 6.92 Å². The topological polar surface area (TPSA) is 59.5 Å². The van der Waals surface area contributed by atoms with E-state index in [-0.39, 0.29) is 18.9 Å². The first-order valence-corrected chi connectivity index (χ1v) is 9.56. The zero-order chi connectivity index (χ0) is 19.0. The Morgan fingerprint density at radius 3 is 2.70 bits per heavy atom. The third kappa shape index (κ3) is 3.13. The van der Waals surface area contributed by atoms with Crippen LogP contribution in [0.15, 0.2) is 48.5 Å². The molecule has 136 valence electrons. The van der Waals surface area contributed by atoms with E-state index < -0.39 is 6.09 Å². The second kappa shape index (κ2) is 6.96. The molecule has 0 saturated carbocycles. The van der Waals surface area contributed by atoms with Crippen molar-refractivity contribution in [1.82, 2.24) is 4.98 Å². The number of aromatic nitrogens is 1. The normalized spacial score (nSPS) is 13.0. The van der Waals surface area contributed by atoms with E-state index in [2.05, 4.69) is 0 Å². The number of anilines is 1. The summed E-state index contributed by atoms with van der Waals surface area (Å²) in [4.78, 5) is 31.2. The number of aryl methyl sites for hydroxylation is 1. The van der Waals surface area contributed by atoms with Gasteiger partial charge in [-0.2, -0.15) is 0 Å².